The van der Waals surface area contributed by atoms with E-state index >= 15 is 0 Å². The summed E-state index contributed by atoms with van der Waals surface area (Å²) >= 11 is 0. The van der Waals surface area contributed by atoms with Crippen molar-refractivity contribution in [3.8, 4) is 67.8 Å². The molecule has 0 atom stereocenters. The van der Waals surface area contributed by atoms with Crippen LogP contribution in [0, 0.1) is 0 Å². The number of hydrogen-bond donors (Lipinski definition) is 0. The van der Waals surface area contributed by atoms with E-state index in [-0.39, 0.29) is 0 Å². The fourth-order valence-electron chi connectivity index (χ4n) is 10.5. The van der Waals surface area contributed by atoms with Crippen LogP contribution in [0.1, 0.15) is 0 Å². The molecule has 5 heteroatoms. The van der Waals surface area contributed by atoms with Gasteiger partial charge in [-0.3, -0.25) is 4.57 Å². The highest BCUT2D eigenvalue weighted by Crippen LogP contribution is 2.47. The molecular formula is C61H37N5. The van der Waals surface area contributed by atoms with Gasteiger partial charge in [-0.25, -0.2) is 4.98 Å². The monoisotopic (exact) mass is 839 g/mol. The van der Waals surface area contributed by atoms with Gasteiger partial charge in [-0.15, -0.1) is 0 Å². The van der Waals surface area contributed by atoms with Crippen LogP contribution in [-0.2, 0) is 0 Å². The minimum Gasteiger partial charge on any atom is -0.309 e. The van der Waals surface area contributed by atoms with E-state index in [9.17, 15) is 0 Å². The summed E-state index contributed by atoms with van der Waals surface area (Å²) in [5.74, 6) is 1.81. The highest BCUT2D eigenvalue weighted by Gasteiger charge is 2.24. The minimum atomic E-state index is 0.577. The predicted molar refractivity (Wildman–Crippen MR) is 273 cm³/mol. The standard InChI is InChI=1S/C61H37N5/c1-4-12-38(13-5-1)40-22-26-44(27-23-40)59-62-60(45-28-24-41(25-29-45)39-14-6-2-7-15-39)64-61(63-59)66-52-21-11-17-43-31-33-50-48(35-37-54(66)58(50)56(43)52)47-34-36-53-57-49(47)32-30-42-16-10-20-51(55(42)57)65(53)46-18-8-3-9-19-46/h1-37H. The summed E-state index contributed by atoms with van der Waals surface area (Å²) in [5, 5.41) is 9.84. The smallest absolute Gasteiger partial charge is 0.238 e. The van der Waals surface area contributed by atoms with Crippen LogP contribution < -0.4 is 0 Å². The van der Waals surface area contributed by atoms with E-state index in [4.69, 9.17) is 15.0 Å². The Balaban J connectivity index is 0.977. The third-order valence-corrected chi connectivity index (χ3v) is 13.5. The van der Waals surface area contributed by atoms with E-state index in [2.05, 4.69) is 221 Å². The molecule has 0 spiro atoms. The molecule has 0 N–H and O–H groups in total. The molecule has 11 aromatic carbocycles. The molecule has 0 amide bonds. The normalized spacial score (nSPS) is 11.9. The van der Waals surface area contributed by atoms with E-state index in [1.54, 1.807) is 0 Å². The van der Waals surface area contributed by atoms with Gasteiger partial charge in [0.1, 0.15) is 0 Å². The summed E-state index contributed by atoms with van der Waals surface area (Å²) in [6, 6.07) is 80.3. The van der Waals surface area contributed by atoms with Gasteiger partial charge in [-0.2, -0.15) is 9.97 Å². The van der Waals surface area contributed by atoms with E-state index in [0.717, 1.165) is 39.0 Å². The molecule has 0 saturated carbocycles. The Morgan fingerprint density at radius 3 is 1.17 bits per heavy atom. The predicted octanol–water partition coefficient (Wildman–Crippen LogP) is 15.6. The number of rotatable bonds is 7. The third kappa shape index (κ3) is 5.50. The van der Waals surface area contributed by atoms with Gasteiger partial charge in [-0.05, 0) is 91.3 Å². The van der Waals surface area contributed by atoms with Crippen molar-refractivity contribution in [3.05, 3.63) is 224 Å². The topological polar surface area (TPSA) is 48.5 Å². The second-order valence-electron chi connectivity index (χ2n) is 17.2. The van der Waals surface area contributed by atoms with Crippen LogP contribution >= 0.6 is 0 Å². The molecule has 0 bridgehead atoms. The molecule has 306 valence electrons. The maximum Gasteiger partial charge on any atom is 0.238 e. The van der Waals surface area contributed by atoms with E-state index in [1.165, 1.54) is 76.4 Å². The fourth-order valence-corrected chi connectivity index (χ4v) is 10.5. The van der Waals surface area contributed by atoms with Crippen molar-refractivity contribution in [3.63, 3.8) is 0 Å². The molecule has 3 aromatic heterocycles. The maximum absolute atomic E-state index is 5.33. The van der Waals surface area contributed by atoms with Crippen molar-refractivity contribution in [2.75, 3.05) is 0 Å². The lowest BCUT2D eigenvalue weighted by molar-refractivity contribution is 0.954. The van der Waals surface area contributed by atoms with Crippen molar-refractivity contribution in [2.45, 2.75) is 0 Å². The van der Waals surface area contributed by atoms with Gasteiger partial charge in [0.15, 0.2) is 11.6 Å². The lowest BCUT2D eigenvalue weighted by Gasteiger charge is -2.13. The zero-order valence-electron chi connectivity index (χ0n) is 35.6. The van der Waals surface area contributed by atoms with Crippen LogP contribution in [-0.4, -0.2) is 24.1 Å². The first-order valence-corrected chi connectivity index (χ1v) is 22.4. The first kappa shape index (κ1) is 36.5. The Morgan fingerprint density at radius 1 is 0.258 bits per heavy atom. The van der Waals surface area contributed by atoms with Crippen molar-refractivity contribution in [1.29, 1.82) is 0 Å². The lowest BCUT2D eigenvalue weighted by atomic mass is 9.90. The highest BCUT2D eigenvalue weighted by atomic mass is 15.2. The molecule has 5 nitrogen and oxygen atoms in total. The second kappa shape index (κ2) is 14.3. The molecule has 14 rings (SSSR count). The summed E-state index contributed by atoms with van der Waals surface area (Å²) in [5.41, 5.74) is 14.6. The van der Waals surface area contributed by atoms with Gasteiger partial charge in [0.05, 0.1) is 22.1 Å². The van der Waals surface area contributed by atoms with Crippen molar-refractivity contribution in [1.82, 2.24) is 24.1 Å². The zero-order chi connectivity index (χ0) is 43.3. The van der Waals surface area contributed by atoms with Crippen LogP contribution in [0.4, 0.5) is 0 Å². The van der Waals surface area contributed by atoms with Crippen molar-refractivity contribution >= 4 is 65.2 Å². The third-order valence-electron chi connectivity index (χ3n) is 13.5. The molecule has 0 aliphatic rings. The Hall–Kier alpha value is -8.93. The minimum absolute atomic E-state index is 0.577. The van der Waals surface area contributed by atoms with Gasteiger partial charge in [0, 0.05) is 38.4 Å². The molecule has 14 aromatic rings. The van der Waals surface area contributed by atoms with Gasteiger partial charge < -0.3 is 4.57 Å². The van der Waals surface area contributed by atoms with Crippen LogP contribution in [0.5, 0.6) is 0 Å². The van der Waals surface area contributed by atoms with E-state index < -0.39 is 0 Å². The summed E-state index contributed by atoms with van der Waals surface area (Å²) < 4.78 is 4.65. The molecule has 0 radical (unpaired) electrons. The van der Waals surface area contributed by atoms with Gasteiger partial charge in [0.25, 0.3) is 0 Å². The molecule has 0 fully saturated rings. The summed E-state index contributed by atoms with van der Waals surface area (Å²) in [7, 11) is 0. The Morgan fingerprint density at radius 2 is 0.667 bits per heavy atom. The summed E-state index contributed by atoms with van der Waals surface area (Å²) in [4.78, 5) is 15.9. The maximum atomic E-state index is 5.33. The Kier molecular flexibility index (Phi) is 7.91. The van der Waals surface area contributed by atoms with Crippen LogP contribution in [0.2, 0.25) is 0 Å². The van der Waals surface area contributed by atoms with Gasteiger partial charge in [-0.1, -0.05) is 188 Å². The number of benzene rings is 11. The average Bonchev–Trinajstić information content (AvgIpc) is 3.93. The summed E-state index contributed by atoms with van der Waals surface area (Å²) in [6.45, 7) is 0. The SMILES string of the molecule is c1ccc(-c2ccc(-c3nc(-c4ccc(-c5ccccc5)cc4)nc(-n4c5cccc6ccc7c(-c8ccc9c%10c8ccc8cccc(c8%10)n9-c8ccccc8)ccc4c7c65)n3)cc2)cc1. The summed E-state index contributed by atoms with van der Waals surface area (Å²) in [6.07, 6.45) is 0. The van der Waals surface area contributed by atoms with Gasteiger partial charge >= 0.3 is 0 Å². The quantitative estimate of drug-likeness (QED) is 0.150. The molecule has 0 unspecified atom stereocenters. The first-order chi connectivity index (χ1) is 32.7. The van der Waals surface area contributed by atoms with Crippen molar-refractivity contribution < 1.29 is 0 Å². The largest absolute Gasteiger partial charge is 0.309 e. The van der Waals surface area contributed by atoms with Crippen LogP contribution in [0.15, 0.2) is 224 Å². The highest BCUT2D eigenvalue weighted by molar-refractivity contribution is 6.30. The average molecular weight is 840 g/mol. The molecular weight excluding hydrogens is 803 g/mol. The zero-order valence-corrected chi connectivity index (χ0v) is 35.6. The van der Waals surface area contributed by atoms with Gasteiger partial charge in [0.2, 0.25) is 5.95 Å². The number of para-hydroxylation sites is 1. The Labute approximate surface area is 379 Å². The molecule has 0 saturated heterocycles. The van der Waals surface area contributed by atoms with E-state index in [1.807, 2.05) is 12.1 Å². The first-order valence-electron chi connectivity index (χ1n) is 22.4. The molecule has 0 aliphatic heterocycles. The van der Waals surface area contributed by atoms with Crippen LogP contribution in [0.3, 0.4) is 0 Å². The van der Waals surface area contributed by atoms with Crippen molar-refractivity contribution in [2.24, 2.45) is 0 Å². The molecule has 3 heterocycles. The lowest BCUT2D eigenvalue weighted by Crippen LogP contribution is -2.06. The van der Waals surface area contributed by atoms with E-state index in [0.29, 0.717) is 17.6 Å². The number of aromatic nitrogens is 5. The molecule has 0 aliphatic carbocycles. The second-order valence-corrected chi connectivity index (χ2v) is 17.2. The number of hydrogen-bond acceptors (Lipinski definition) is 3. The van der Waals surface area contributed by atoms with Crippen LogP contribution in [0.25, 0.3) is 133 Å². The Bertz CT molecular complexity index is 4010. The number of nitrogens with zero attached hydrogens (tertiary/aromatic N) is 5. The molecule has 66 heavy (non-hydrogen) atoms. The fraction of sp³-hybridized carbons (Fsp3) is 0.